The van der Waals surface area contributed by atoms with Crippen molar-refractivity contribution < 1.29 is 4.79 Å². The highest BCUT2D eigenvalue weighted by Gasteiger charge is 2.35. The quantitative estimate of drug-likeness (QED) is 0.863. The fraction of sp³-hybridized carbons (Fsp3) is 0.632. The second-order valence-corrected chi connectivity index (χ2v) is 7.06. The minimum absolute atomic E-state index is 0. The number of rotatable bonds is 4. The van der Waals surface area contributed by atoms with Crippen molar-refractivity contribution in [1.29, 1.82) is 0 Å². The molecule has 0 bridgehead atoms. The molecular weight excluding hydrogens is 357 g/mol. The Morgan fingerprint density at radius 3 is 2.44 bits per heavy atom. The van der Waals surface area contributed by atoms with Gasteiger partial charge in [0.05, 0.1) is 0 Å². The van der Waals surface area contributed by atoms with Crippen LogP contribution in [0.1, 0.15) is 30.4 Å². The average molecular weight is 388 g/mol. The van der Waals surface area contributed by atoms with Gasteiger partial charge in [-0.05, 0) is 43.4 Å². The van der Waals surface area contributed by atoms with Crippen LogP contribution in [0.2, 0.25) is 0 Å². The molecule has 1 amide bonds. The highest BCUT2D eigenvalue weighted by atomic mass is 35.5. The molecule has 4 nitrogen and oxygen atoms in total. The number of hydrogen-bond acceptors (Lipinski definition) is 3. The van der Waals surface area contributed by atoms with Crippen molar-refractivity contribution in [3.8, 4) is 0 Å². The van der Waals surface area contributed by atoms with E-state index in [1.54, 1.807) is 0 Å². The van der Waals surface area contributed by atoms with E-state index in [1.807, 2.05) is 0 Å². The van der Waals surface area contributed by atoms with Crippen molar-refractivity contribution in [3.63, 3.8) is 0 Å². The molecule has 1 aliphatic carbocycles. The molecular formula is C19H31Cl2N3O. The summed E-state index contributed by atoms with van der Waals surface area (Å²) in [7, 11) is 0. The summed E-state index contributed by atoms with van der Waals surface area (Å²) in [4.78, 5) is 17.3. The molecule has 6 heteroatoms. The third-order valence-corrected chi connectivity index (χ3v) is 5.62. The number of hydrogen-bond donors (Lipinski definition) is 1. The molecule has 3 rings (SSSR count). The van der Waals surface area contributed by atoms with Gasteiger partial charge < -0.3 is 10.6 Å². The van der Waals surface area contributed by atoms with Crippen molar-refractivity contribution >= 4 is 30.7 Å². The molecule has 1 heterocycles. The Kier molecular flexibility index (Phi) is 9.22. The maximum Gasteiger partial charge on any atom is 0.226 e. The van der Waals surface area contributed by atoms with Gasteiger partial charge in [0.15, 0.2) is 0 Å². The van der Waals surface area contributed by atoms with E-state index in [1.165, 1.54) is 11.1 Å². The molecule has 2 aliphatic rings. The normalized spacial score (nSPS) is 23.7. The Bertz CT molecular complexity index is 547. The lowest BCUT2D eigenvalue weighted by Gasteiger charge is -2.37. The monoisotopic (exact) mass is 387 g/mol. The minimum Gasteiger partial charge on any atom is -0.340 e. The second kappa shape index (κ2) is 10.4. The topological polar surface area (TPSA) is 49.6 Å². The van der Waals surface area contributed by atoms with Gasteiger partial charge in [0.1, 0.15) is 0 Å². The van der Waals surface area contributed by atoms with Gasteiger partial charge in [-0.2, -0.15) is 0 Å². The Morgan fingerprint density at radius 2 is 1.80 bits per heavy atom. The summed E-state index contributed by atoms with van der Waals surface area (Å²) in [5.74, 6) is 0.948. The molecule has 142 valence electrons. The van der Waals surface area contributed by atoms with Crippen molar-refractivity contribution in [1.82, 2.24) is 9.80 Å². The van der Waals surface area contributed by atoms with Gasteiger partial charge >= 0.3 is 0 Å². The molecule has 0 unspecified atom stereocenters. The number of halogens is 2. The number of carbonyl (C=O) groups is 1. The fourth-order valence-electron chi connectivity index (χ4n) is 4.03. The van der Waals surface area contributed by atoms with Gasteiger partial charge in [-0.3, -0.25) is 9.69 Å². The summed E-state index contributed by atoms with van der Waals surface area (Å²) in [6.07, 6.45) is 3.32. The lowest BCUT2D eigenvalue weighted by Crippen LogP contribution is -2.50. The van der Waals surface area contributed by atoms with Crippen molar-refractivity contribution in [2.75, 3.05) is 32.7 Å². The zero-order valence-corrected chi connectivity index (χ0v) is 16.7. The van der Waals surface area contributed by atoms with Crippen LogP contribution in [-0.4, -0.2) is 48.4 Å². The van der Waals surface area contributed by atoms with Crippen molar-refractivity contribution in [2.45, 2.75) is 32.7 Å². The first-order chi connectivity index (χ1) is 11.2. The van der Waals surface area contributed by atoms with Crippen LogP contribution in [0, 0.1) is 18.8 Å². The zero-order valence-electron chi connectivity index (χ0n) is 15.0. The van der Waals surface area contributed by atoms with E-state index >= 15 is 0 Å². The van der Waals surface area contributed by atoms with Crippen LogP contribution in [0.25, 0.3) is 0 Å². The van der Waals surface area contributed by atoms with E-state index in [2.05, 4.69) is 41.0 Å². The molecule has 0 spiro atoms. The van der Waals surface area contributed by atoms with Gasteiger partial charge in [-0.15, -0.1) is 24.8 Å². The average Bonchev–Trinajstić information content (AvgIpc) is 3.05. The standard InChI is InChI=1S/C19H29N3O.2ClH/c1-15-5-2-3-6-17(15)14-21-9-11-22(12-10-21)19(23)18-8-4-7-16(18)13-20;;/h2-3,5-6,16,18H,4,7-14,20H2,1H3;2*1H/t16-,18-;;/m1../s1. The lowest BCUT2D eigenvalue weighted by molar-refractivity contribution is -0.138. The van der Waals surface area contributed by atoms with E-state index in [4.69, 9.17) is 5.73 Å². The maximum atomic E-state index is 12.7. The van der Waals surface area contributed by atoms with E-state index in [9.17, 15) is 4.79 Å². The summed E-state index contributed by atoms with van der Waals surface area (Å²) in [5, 5.41) is 0. The number of aryl methyl sites for hydroxylation is 1. The molecule has 1 saturated heterocycles. The lowest BCUT2D eigenvalue weighted by atomic mass is 9.94. The number of nitrogens with zero attached hydrogens (tertiary/aromatic N) is 2. The van der Waals surface area contributed by atoms with Gasteiger partial charge in [-0.1, -0.05) is 30.7 Å². The third-order valence-electron chi connectivity index (χ3n) is 5.62. The first-order valence-corrected chi connectivity index (χ1v) is 8.94. The molecule has 2 atom stereocenters. The zero-order chi connectivity index (χ0) is 16.2. The molecule has 2 fully saturated rings. The largest absolute Gasteiger partial charge is 0.340 e. The summed E-state index contributed by atoms with van der Waals surface area (Å²) < 4.78 is 0. The number of benzene rings is 1. The second-order valence-electron chi connectivity index (χ2n) is 7.06. The first kappa shape index (κ1) is 22.2. The van der Waals surface area contributed by atoms with E-state index < -0.39 is 0 Å². The Balaban J connectivity index is 0.00000156. The van der Waals surface area contributed by atoms with Gasteiger partial charge in [0.2, 0.25) is 5.91 Å². The number of amides is 1. The predicted molar refractivity (Wildman–Crippen MR) is 107 cm³/mol. The molecule has 1 aromatic carbocycles. The van der Waals surface area contributed by atoms with Gasteiger partial charge in [0, 0.05) is 38.6 Å². The van der Waals surface area contributed by atoms with E-state index in [0.717, 1.165) is 52.0 Å². The summed E-state index contributed by atoms with van der Waals surface area (Å²) in [6.45, 7) is 7.48. The highest BCUT2D eigenvalue weighted by molar-refractivity contribution is 5.85. The van der Waals surface area contributed by atoms with Crippen LogP contribution in [0.15, 0.2) is 24.3 Å². The van der Waals surface area contributed by atoms with Crippen LogP contribution in [-0.2, 0) is 11.3 Å². The molecule has 2 N–H and O–H groups in total. The summed E-state index contributed by atoms with van der Waals surface area (Å²) in [5.41, 5.74) is 8.58. The van der Waals surface area contributed by atoms with E-state index in [0.29, 0.717) is 18.4 Å². The maximum absolute atomic E-state index is 12.7. The number of carbonyl (C=O) groups excluding carboxylic acids is 1. The minimum atomic E-state index is 0. The Labute approximate surface area is 163 Å². The summed E-state index contributed by atoms with van der Waals surface area (Å²) in [6, 6.07) is 8.57. The van der Waals surface area contributed by atoms with Crippen molar-refractivity contribution in [3.05, 3.63) is 35.4 Å². The first-order valence-electron chi connectivity index (χ1n) is 8.94. The van der Waals surface area contributed by atoms with E-state index in [-0.39, 0.29) is 30.7 Å². The number of nitrogens with two attached hydrogens (primary N) is 1. The fourth-order valence-corrected chi connectivity index (χ4v) is 4.03. The molecule has 25 heavy (non-hydrogen) atoms. The van der Waals surface area contributed by atoms with Crippen LogP contribution in [0.4, 0.5) is 0 Å². The molecule has 0 aromatic heterocycles. The van der Waals surface area contributed by atoms with Crippen LogP contribution in [0.5, 0.6) is 0 Å². The van der Waals surface area contributed by atoms with Crippen LogP contribution in [0.3, 0.4) is 0 Å². The predicted octanol–water partition coefficient (Wildman–Crippen LogP) is 2.86. The van der Waals surface area contributed by atoms with Gasteiger partial charge in [0.25, 0.3) is 0 Å². The summed E-state index contributed by atoms with van der Waals surface area (Å²) >= 11 is 0. The molecule has 1 saturated carbocycles. The third kappa shape index (κ3) is 5.33. The SMILES string of the molecule is Cc1ccccc1CN1CCN(C(=O)[C@@H]2CCC[C@@H]2CN)CC1.Cl.Cl. The molecule has 1 aliphatic heterocycles. The molecule has 0 radical (unpaired) electrons. The van der Waals surface area contributed by atoms with Crippen LogP contribution < -0.4 is 5.73 Å². The van der Waals surface area contributed by atoms with Gasteiger partial charge in [-0.25, -0.2) is 0 Å². The Hall–Kier alpha value is -0.810. The smallest absolute Gasteiger partial charge is 0.226 e. The van der Waals surface area contributed by atoms with Crippen LogP contribution >= 0.6 is 24.8 Å². The number of piperazine rings is 1. The Morgan fingerprint density at radius 1 is 1.12 bits per heavy atom. The highest BCUT2D eigenvalue weighted by Crippen LogP contribution is 2.32. The van der Waals surface area contributed by atoms with Crippen molar-refractivity contribution in [2.24, 2.45) is 17.6 Å². The molecule has 1 aromatic rings.